The first-order valence-corrected chi connectivity index (χ1v) is 6.42. The first-order chi connectivity index (χ1) is 9.26. The van der Waals surface area contributed by atoms with Crippen LogP contribution in [0.3, 0.4) is 0 Å². The van der Waals surface area contributed by atoms with Crippen molar-refractivity contribution in [3.05, 3.63) is 35.1 Å². The monoisotopic (exact) mass is 279 g/mol. The summed E-state index contributed by atoms with van der Waals surface area (Å²) in [6, 6.07) is 6.48. The predicted octanol–water partition coefficient (Wildman–Crippen LogP) is 0.968. The van der Waals surface area contributed by atoms with Crippen LogP contribution >= 0.6 is 11.8 Å². The number of aliphatic hydroxyl groups excluding tert-OH is 1. The minimum atomic E-state index is -0.515. The molecule has 0 fully saturated rings. The maximum atomic E-state index is 13.8. The van der Waals surface area contributed by atoms with Crippen molar-refractivity contribution < 1.29 is 9.50 Å². The zero-order chi connectivity index (χ0) is 13.7. The van der Waals surface area contributed by atoms with Crippen molar-refractivity contribution in [1.29, 1.82) is 5.26 Å². The smallest absolute Gasteiger partial charge is 0.209 e. The van der Waals surface area contributed by atoms with Crippen LogP contribution in [0.25, 0.3) is 0 Å². The molecule has 98 valence electrons. The first-order valence-electron chi connectivity index (χ1n) is 5.43. The van der Waals surface area contributed by atoms with Crippen molar-refractivity contribution in [3.63, 3.8) is 0 Å². The summed E-state index contributed by atoms with van der Waals surface area (Å²) in [5, 5.41) is 29.1. The highest BCUT2D eigenvalue weighted by Crippen LogP contribution is 2.22. The van der Waals surface area contributed by atoms with Gasteiger partial charge < -0.3 is 5.11 Å². The molecule has 1 aromatic heterocycles. The van der Waals surface area contributed by atoms with E-state index in [1.807, 2.05) is 0 Å². The van der Waals surface area contributed by atoms with Gasteiger partial charge >= 0.3 is 0 Å². The number of tetrazole rings is 1. The van der Waals surface area contributed by atoms with Gasteiger partial charge in [-0.25, -0.2) is 9.07 Å². The van der Waals surface area contributed by atoms with Gasteiger partial charge in [0.1, 0.15) is 11.9 Å². The number of aliphatic hydroxyl groups is 1. The number of hydrogen-bond acceptors (Lipinski definition) is 6. The quantitative estimate of drug-likeness (QED) is 0.820. The molecule has 1 N–H and O–H groups in total. The molecule has 0 spiro atoms. The highest BCUT2D eigenvalue weighted by Gasteiger charge is 2.11. The molecule has 2 aromatic rings. The van der Waals surface area contributed by atoms with E-state index in [1.165, 1.54) is 22.5 Å². The third-order valence-electron chi connectivity index (χ3n) is 2.37. The van der Waals surface area contributed by atoms with E-state index in [4.69, 9.17) is 10.4 Å². The van der Waals surface area contributed by atoms with E-state index in [2.05, 4.69) is 15.5 Å². The van der Waals surface area contributed by atoms with Crippen LogP contribution in [0.4, 0.5) is 4.39 Å². The molecule has 0 atom stereocenters. The summed E-state index contributed by atoms with van der Waals surface area (Å²) in [5.41, 5.74) is 0.440. The Morgan fingerprint density at radius 2 is 2.32 bits per heavy atom. The van der Waals surface area contributed by atoms with E-state index >= 15 is 0 Å². The molecule has 6 nitrogen and oxygen atoms in total. The Morgan fingerprint density at radius 1 is 1.47 bits per heavy atom. The Morgan fingerprint density at radius 3 is 3.05 bits per heavy atom. The van der Waals surface area contributed by atoms with E-state index in [1.54, 1.807) is 18.2 Å². The van der Waals surface area contributed by atoms with Crippen LogP contribution in [-0.4, -0.2) is 31.9 Å². The number of nitriles is 1. The summed E-state index contributed by atoms with van der Waals surface area (Å²) in [4.78, 5) is 0. The molecular weight excluding hydrogens is 269 g/mol. The van der Waals surface area contributed by atoms with Gasteiger partial charge in [0.2, 0.25) is 5.16 Å². The van der Waals surface area contributed by atoms with Gasteiger partial charge in [-0.2, -0.15) is 5.26 Å². The molecule has 0 amide bonds. The van der Waals surface area contributed by atoms with Gasteiger partial charge in [-0.15, -0.1) is 5.10 Å². The lowest BCUT2D eigenvalue weighted by molar-refractivity contribution is 0.262. The van der Waals surface area contributed by atoms with Gasteiger partial charge in [0.05, 0.1) is 18.7 Å². The van der Waals surface area contributed by atoms with Crippen molar-refractivity contribution in [2.45, 2.75) is 17.5 Å². The third kappa shape index (κ3) is 3.07. The number of rotatable bonds is 5. The molecule has 0 unspecified atom stereocenters. The van der Waals surface area contributed by atoms with Crippen LogP contribution in [0.1, 0.15) is 11.1 Å². The van der Waals surface area contributed by atoms with E-state index in [-0.39, 0.29) is 18.7 Å². The Kier molecular flexibility index (Phi) is 4.43. The van der Waals surface area contributed by atoms with Crippen molar-refractivity contribution >= 4 is 11.8 Å². The summed E-state index contributed by atoms with van der Waals surface area (Å²) >= 11 is 1.25. The molecule has 1 heterocycles. The fraction of sp³-hybridized carbons (Fsp3) is 0.273. The molecule has 0 radical (unpaired) electrons. The van der Waals surface area contributed by atoms with E-state index < -0.39 is 5.82 Å². The van der Waals surface area contributed by atoms with Gasteiger partial charge in [-0.1, -0.05) is 23.9 Å². The maximum Gasteiger partial charge on any atom is 0.209 e. The van der Waals surface area contributed by atoms with Crippen LogP contribution < -0.4 is 0 Å². The number of nitrogens with zero attached hydrogens (tertiary/aromatic N) is 5. The highest BCUT2D eigenvalue weighted by molar-refractivity contribution is 7.98. The van der Waals surface area contributed by atoms with Gasteiger partial charge in [0.15, 0.2) is 0 Å². The Bertz CT molecular complexity index is 609. The zero-order valence-electron chi connectivity index (χ0n) is 9.82. The normalized spacial score (nSPS) is 10.4. The molecule has 1 aromatic carbocycles. The number of hydrogen-bond donors (Lipinski definition) is 1. The fourth-order valence-electron chi connectivity index (χ4n) is 1.45. The molecule has 2 rings (SSSR count). The minimum Gasteiger partial charge on any atom is -0.394 e. The molecule has 0 aliphatic carbocycles. The summed E-state index contributed by atoms with van der Waals surface area (Å²) < 4.78 is 15.3. The average molecular weight is 279 g/mol. The number of benzene rings is 1. The standard InChI is InChI=1S/C11H10FN5OS/c12-10-8(6-13)2-1-3-9(10)7-19-11-14-15-16-17(11)4-5-18/h1-3,18H,4-5,7H2. The van der Waals surface area contributed by atoms with Crippen LogP contribution in [0.5, 0.6) is 0 Å². The van der Waals surface area contributed by atoms with Crippen LogP contribution in [0.2, 0.25) is 0 Å². The molecule has 0 saturated carbocycles. The Hall–Kier alpha value is -1.98. The molecule has 8 heteroatoms. The van der Waals surface area contributed by atoms with E-state index in [0.717, 1.165) is 0 Å². The molecule has 0 bridgehead atoms. The lowest BCUT2D eigenvalue weighted by atomic mass is 10.1. The largest absolute Gasteiger partial charge is 0.394 e. The van der Waals surface area contributed by atoms with Gasteiger partial charge in [0.25, 0.3) is 0 Å². The van der Waals surface area contributed by atoms with Crippen molar-refractivity contribution in [3.8, 4) is 6.07 Å². The van der Waals surface area contributed by atoms with Crippen molar-refractivity contribution in [1.82, 2.24) is 20.2 Å². The van der Waals surface area contributed by atoms with Gasteiger partial charge in [-0.3, -0.25) is 0 Å². The zero-order valence-corrected chi connectivity index (χ0v) is 10.6. The predicted molar refractivity (Wildman–Crippen MR) is 65.6 cm³/mol. The molecule has 0 saturated heterocycles. The second-order valence-electron chi connectivity index (χ2n) is 3.59. The fourth-order valence-corrected chi connectivity index (χ4v) is 2.33. The summed E-state index contributed by atoms with van der Waals surface area (Å²) in [6.45, 7) is 0.215. The number of thioether (sulfide) groups is 1. The lowest BCUT2D eigenvalue weighted by Gasteiger charge is -2.04. The first kappa shape index (κ1) is 13.5. The van der Waals surface area contributed by atoms with E-state index in [9.17, 15) is 4.39 Å². The van der Waals surface area contributed by atoms with Gasteiger partial charge in [0, 0.05) is 5.75 Å². The molecule has 0 aliphatic heterocycles. The van der Waals surface area contributed by atoms with E-state index in [0.29, 0.717) is 16.5 Å². The molecule has 19 heavy (non-hydrogen) atoms. The SMILES string of the molecule is N#Cc1cccc(CSc2nnnn2CCO)c1F. The second kappa shape index (κ2) is 6.26. The third-order valence-corrected chi connectivity index (χ3v) is 3.37. The Labute approximate surface area is 112 Å². The topological polar surface area (TPSA) is 87.6 Å². The molecule has 0 aliphatic rings. The summed E-state index contributed by atoms with van der Waals surface area (Å²) in [5.74, 6) is -0.202. The lowest BCUT2D eigenvalue weighted by Crippen LogP contribution is -2.05. The van der Waals surface area contributed by atoms with Crippen LogP contribution in [-0.2, 0) is 12.3 Å². The minimum absolute atomic E-state index is 0.0213. The van der Waals surface area contributed by atoms with Crippen molar-refractivity contribution in [2.24, 2.45) is 0 Å². The molecular formula is C11H10FN5OS. The maximum absolute atomic E-state index is 13.8. The number of halogens is 1. The van der Waals surface area contributed by atoms with Crippen LogP contribution in [0, 0.1) is 17.1 Å². The summed E-state index contributed by atoms with van der Waals surface area (Å²) in [7, 11) is 0. The average Bonchev–Trinajstić information content (AvgIpc) is 2.85. The van der Waals surface area contributed by atoms with Crippen LogP contribution in [0.15, 0.2) is 23.4 Å². The number of aromatic nitrogens is 4. The summed E-state index contributed by atoms with van der Waals surface area (Å²) in [6.07, 6.45) is 0. The highest BCUT2D eigenvalue weighted by atomic mass is 32.2. The van der Waals surface area contributed by atoms with Crippen molar-refractivity contribution in [2.75, 3.05) is 6.61 Å². The van der Waals surface area contributed by atoms with Gasteiger partial charge in [-0.05, 0) is 22.1 Å². The second-order valence-corrected chi connectivity index (χ2v) is 4.53. The Balaban J connectivity index is 2.11.